The Bertz CT molecular complexity index is 1100. The predicted molar refractivity (Wildman–Crippen MR) is 113 cm³/mol. The van der Waals surface area contributed by atoms with Gasteiger partial charge in [-0.2, -0.15) is 4.31 Å². The van der Waals surface area contributed by atoms with E-state index in [1.165, 1.54) is 28.6 Å². The summed E-state index contributed by atoms with van der Waals surface area (Å²) in [5.41, 5.74) is 2.38. The molecule has 0 saturated carbocycles. The molecule has 30 heavy (non-hydrogen) atoms. The lowest BCUT2D eigenvalue weighted by Gasteiger charge is -2.26. The van der Waals surface area contributed by atoms with Gasteiger partial charge < -0.3 is 9.47 Å². The van der Waals surface area contributed by atoms with E-state index in [2.05, 4.69) is 0 Å². The highest BCUT2D eigenvalue weighted by atomic mass is 32.2. The lowest BCUT2D eigenvalue weighted by atomic mass is 10.1. The second-order valence-electron chi connectivity index (χ2n) is 6.82. The van der Waals surface area contributed by atoms with Gasteiger partial charge in [-0.1, -0.05) is 42.5 Å². The molecule has 0 spiro atoms. The number of nitrogens with zero attached hydrogens (tertiary/aromatic N) is 1. The Kier molecular flexibility index (Phi) is 5.94. The minimum absolute atomic E-state index is 0.146. The van der Waals surface area contributed by atoms with Gasteiger partial charge in [-0.25, -0.2) is 13.2 Å². The largest absolute Gasteiger partial charge is 0.423 e. The normalized spacial score (nSPS) is 14.9. The molecule has 1 aliphatic heterocycles. The molecular formula is C23H21NO5S. The number of morpholine rings is 1. The topological polar surface area (TPSA) is 72.9 Å². The highest BCUT2D eigenvalue weighted by molar-refractivity contribution is 7.89. The molecule has 6 nitrogen and oxygen atoms in total. The molecule has 0 aromatic heterocycles. The number of hydrogen-bond acceptors (Lipinski definition) is 5. The highest BCUT2D eigenvalue weighted by Crippen LogP contribution is 2.23. The van der Waals surface area contributed by atoms with Gasteiger partial charge in [0.1, 0.15) is 5.75 Å². The second kappa shape index (κ2) is 8.79. The van der Waals surface area contributed by atoms with Gasteiger partial charge in [0.05, 0.1) is 23.7 Å². The fourth-order valence-corrected chi connectivity index (χ4v) is 4.62. The van der Waals surface area contributed by atoms with Crippen LogP contribution in [0.5, 0.6) is 5.75 Å². The molecule has 0 radical (unpaired) electrons. The molecule has 1 heterocycles. The molecule has 1 aliphatic rings. The summed E-state index contributed by atoms with van der Waals surface area (Å²) in [5, 5.41) is 0. The van der Waals surface area contributed by atoms with Crippen LogP contribution >= 0.6 is 0 Å². The van der Waals surface area contributed by atoms with Gasteiger partial charge in [-0.05, 0) is 47.5 Å². The number of carbonyl (C=O) groups is 1. The molecule has 4 rings (SSSR count). The maximum atomic E-state index is 12.7. The Labute approximate surface area is 175 Å². The number of carbonyl (C=O) groups excluding carboxylic acids is 1. The quantitative estimate of drug-likeness (QED) is 0.463. The summed E-state index contributed by atoms with van der Waals surface area (Å²) in [6.07, 6.45) is 0. The standard InChI is InChI=1S/C23H21NO5S/c25-23(29-21-10-6-19(7-11-21)18-4-2-1-3-5-18)20-8-12-22(13-9-20)30(26,27)24-14-16-28-17-15-24/h1-13H,14-17H2. The first-order valence-corrected chi connectivity index (χ1v) is 11.0. The van der Waals surface area contributed by atoms with E-state index in [9.17, 15) is 13.2 Å². The van der Waals surface area contributed by atoms with E-state index in [0.717, 1.165) is 11.1 Å². The summed E-state index contributed by atoms with van der Waals surface area (Å²) in [6, 6.07) is 22.9. The first-order chi connectivity index (χ1) is 14.5. The van der Waals surface area contributed by atoms with Crippen LogP contribution in [0.3, 0.4) is 0 Å². The minimum Gasteiger partial charge on any atom is -0.423 e. The van der Waals surface area contributed by atoms with Crippen LogP contribution in [0.15, 0.2) is 83.8 Å². The van der Waals surface area contributed by atoms with Crippen LogP contribution in [0, 0.1) is 0 Å². The SMILES string of the molecule is O=C(Oc1ccc(-c2ccccc2)cc1)c1ccc(S(=O)(=O)N2CCOCC2)cc1. The Hall–Kier alpha value is -3.00. The first kappa shape index (κ1) is 20.3. The maximum absolute atomic E-state index is 12.7. The van der Waals surface area contributed by atoms with Crippen LogP contribution in [0.25, 0.3) is 11.1 Å². The van der Waals surface area contributed by atoms with E-state index in [4.69, 9.17) is 9.47 Å². The maximum Gasteiger partial charge on any atom is 0.343 e. The molecule has 1 fully saturated rings. The molecule has 0 amide bonds. The minimum atomic E-state index is -3.59. The van der Waals surface area contributed by atoms with Gasteiger partial charge in [-0.15, -0.1) is 0 Å². The van der Waals surface area contributed by atoms with Gasteiger partial charge >= 0.3 is 5.97 Å². The predicted octanol–water partition coefficient (Wildman–Crippen LogP) is 3.59. The van der Waals surface area contributed by atoms with Gasteiger partial charge in [0.25, 0.3) is 0 Å². The fourth-order valence-electron chi connectivity index (χ4n) is 3.21. The molecule has 0 unspecified atom stereocenters. The zero-order valence-corrected chi connectivity index (χ0v) is 17.0. The number of sulfonamides is 1. The lowest BCUT2D eigenvalue weighted by molar-refractivity contribution is 0.0730. The molecule has 154 valence electrons. The zero-order chi connectivity index (χ0) is 21.0. The second-order valence-corrected chi connectivity index (χ2v) is 8.76. The molecule has 3 aromatic carbocycles. The smallest absolute Gasteiger partial charge is 0.343 e. The first-order valence-electron chi connectivity index (χ1n) is 9.60. The zero-order valence-electron chi connectivity index (χ0n) is 16.2. The molecule has 7 heteroatoms. The van der Waals surface area contributed by atoms with Crippen molar-refractivity contribution >= 4 is 16.0 Å². The summed E-state index contributed by atoms with van der Waals surface area (Å²) in [6.45, 7) is 1.41. The molecular weight excluding hydrogens is 402 g/mol. The molecule has 0 aliphatic carbocycles. The molecule has 1 saturated heterocycles. The Morgan fingerprint density at radius 2 is 1.40 bits per heavy atom. The van der Waals surface area contributed by atoms with Crippen LogP contribution < -0.4 is 4.74 Å². The highest BCUT2D eigenvalue weighted by Gasteiger charge is 2.26. The molecule has 0 N–H and O–H groups in total. The summed E-state index contributed by atoms with van der Waals surface area (Å²) >= 11 is 0. The van der Waals surface area contributed by atoms with Crippen molar-refractivity contribution in [3.8, 4) is 16.9 Å². The van der Waals surface area contributed by atoms with Gasteiger partial charge in [0.2, 0.25) is 10.0 Å². The van der Waals surface area contributed by atoms with Crippen molar-refractivity contribution in [2.75, 3.05) is 26.3 Å². The van der Waals surface area contributed by atoms with E-state index < -0.39 is 16.0 Å². The van der Waals surface area contributed by atoms with E-state index in [-0.39, 0.29) is 10.5 Å². The average molecular weight is 423 g/mol. The van der Waals surface area contributed by atoms with Gasteiger partial charge in [-0.3, -0.25) is 0 Å². The third-order valence-corrected chi connectivity index (χ3v) is 6.78. The van der Waals surface area contributed by atoms with Crippen molar-refractivity contribution in [3.05, 3.63) is 84.4 Å². The van der Waals surface area contributed by atoms with E-state index >= 15 is 0 Å². The lowest BCUT2D eigenvalue weighted by Crippen LogP contribution is -2.40. The van der Waals surface area contributed by atoms with Crippen molar-refractivity contribution in [2.45, 2.75) is 4.90 Å². The van der Waals surface area contributed by atoms with Crippen LogP contribution in [-0.2, 0) is 14.8 Å². The summed E-state index contributed by atoms with van der Waals surface area (Å²) in [7, 11) is -3.59. The van der Waals surface area contributed by atoms with Crippen molar-refractivity contribution in [1.82, 2.24) is 4.31 Å². The van der Waals surface area contributed by atoms with E-state index in [0.29, 0.717) is 32.1 Å². The third-order valence-electron chi connectivity index (χ3n) is 4.87. The fraction of sp³-hybridized carbons (Fsp3) is 0.174. The van der Waals surface area contributed by atoms with Crippen molar-refractivity contribution in [3.63, 3.8) is 0 Å². The van der Waals surface area contributed by atoms with Crippen LogP contribution in [0.2, 0.25) is 0 Å². The average Bonchev–Trinajstić information content (AvgIpc) is 2.81. The molecule has 3 aromatic rings. The Morgan fingerprint density at radius 3 is 2.03 bits per heavy atom. The monoisotopic (exact) mass is 423 g/mol. The van der Waals surface area contributed by atoms with E-state index in [1.54, 1.807) is 12.1 Å². The molecule has 0 bridgehead atoms. The molecule has 0 atom stereocenters. The number of rotatable bonds is 5. The number of esters is 1. The summed E-state index contributed by atoms with van der Waals surface area (Å²) in [4.78, 5) is 12.6. The third kappa shape index (κ3) is 4.43. The van der Waals surface area contributed by atoms with Crippen molar-refractivity contribution in [1.29, 1.82) is 0 Å². The Morgan fingerprint density at radius 1 is 0.800 bits per heavy atom. The van der Waals surface area contributed by atoms with Crippen molar-refractivity contribution < 1.29 is 22.7 Å². The summed E-state index contributed by atoms with van der Waals surface area (Å²) in [5.74, 6) is -0.123. The van der Waals surface area contributed by atoms with Crippen LogP contribution in [-0.4, -0.2) is 45.0 Å². The van der Waals surface area contributed by atoms with Gasteiger partial charge in [0, 0.05) is 13.1 Å². The number of benzene rings is 3. The van der Waals surface area contributed by atoms with Crippen LogP contribution in [0.1, 0.15) is 10.4 Å². The van der Waals surface area contributed by atoms with E-state index in [1.807, 2.05) is 42.5 Å². The summed E-state index contributed by atoms with van der Waals surface area (Å²) < 4.78 is 37.3. The van der Waals surface area contributed by atoms with Crippen molar-refractivity contribution in [2.24, 2.45) is 0 Å². The number of hydrogen-bond donors (Lipinski definition) is 0. The van der Waals surface area contributed by atoms with Crippen LogP contribution in [0.4, 0.5) is 0 Å². The van der Waals surface area contributed by atoms with Gasteiger partial charge in [0.15, 0.2) is 0 Å². The number of ether oxygens (including phenoxy) is 2. The Balaban J connectivity index is 1.44.